The minimum Gasteiger partial charge on any atom is -0.310 e. The van der Waals surface area contributed by atoms with Gasteiger partial charge < -0.3 is 9.47 Å². The lowest BCUT2D eigenvalue weighted by molar-refractivity contribution is 0.0979. The summed E-state index contributed by atoms with van der Waals surface area (Å²) in [6, 6.07) is 17.6. The van der Waals surface area contributed by atoms with E-state index in [1.54, 1.807) is 27.8 Å². The van der Waals surface area contributed by atoms with Crippen molar-refractivity contribution < 1.29 is 4.79 Å². The maximum absolute atomic E-state index is 13.3. The molecular weight excluding hydrogens is 348 g/mol. The number of hydrogen-bond acceptors (Lipinski definition) is 2. The molecule has 28 heavy (non-hydrogen) atoms. The van der Waals surface area contributed by atoms with Crippen molar-refractivity contribution in [3.63, 3.8) is 0 Å². The SMILES string of the molecule is Cc1ccc(C)c(Cn2cccc(C(=O)N3c4ccccc4C[C@H]3C)c2=O)c1. The molecule has 0 fully saturated rings. The van der Waals surface area contributed by atoms with E-state index in [2.05, 4.69) is 18.2 Å². The standard InChI is InChI=1S/C24H24N2O2/c1-16-10-11-17(2)20(13-16)15-25-12-6-8-21(23(25)27)24(28)26-18(3)14-19-7-4-5-9-22(19)26/h4-13,18H,14-15H2,1-3H3/t18-/m1/s1. The van der Waals surface area contributed by atoms with Gasteiger partial charge in [0.05, 0.1) is 6.54 Å². The Bertz CT molecular complexity index is 1110. The topological polar surface area (TPSA) is 42.3 Å². The highest BCUT2D eigenvalue weighted by Gasteiger charge is 2.32. The summed E-state index contributed by atoms with van der Waals surface area (Å²) in [6.07, 6.45) is 2.56. The van der Waals surface area contributed by atoms with Crippen LogP contribution in [0.3, 0.4) is 0 Å². The molecule has 0 unspecified atom stereocenters. The van der Waals surface area contributed by atoms with Crippen LogP contribution in [0.15, 0.2) is 65.6 Å². The summed E-state index contributed by atoms with van der Waals surface area (Å²) in [5.74, 6) is -0.224. The highest BCUT2D eigenvalue weighted by molar-refractivity contribution is 6.07. The molecule has 2 aromatic carbocycles. The molecule has 1 aliphatic heterocycles. The molecule has 0 saturated carbocycles. The van der Waals surface area contributed by atoms with Gasteiger partial charge in [0, 0.05) is 17.9 Å². The molecule has 1 aliphatic rings. The van der Waals surface area contributed by atoms with Gasteiger partial charge in [0.1, 0.15) is 5.56 Å². The lowest BCUT2D eigenvalue weighted by Crippen LogP contribution is -2.40. The third kappa shape index (κ3) is 3.15. The molecule has 0 bridgehead atoms. The zero-order valence-electron chi connectivity index (χ0n) is 16.5. The zero-order valence-corrected chi connectivity index (χ0v) is 16.5. The Hall–Kier alpha value is -3.14. The number of nitrogens with zero attached hydrogens (tertiary/aromatic N) is 2. The van der Waals surface area contributed by atoms with E-state index in [0.717, 1.165) is 34.4 Å². The van der Waals surface area contributed by atoms with E-state index in [0.29, 0.717) is 6.54 Å². The number of para-hydroxylation sites is 1. The third-order valence-corrected chi connectivity index (χ3v) is 5.52. The molecule has 1 amide bonds. The first kappa shape index (κ1) is 18.2. The number of hydrogen-bond donors (Lipinski definition) is 0. The molecule has 0 saturated heterocycles. The summed E-state index contributed by atoms with van der Waals surface area (Å²) in [6.45, 7) is 6.56. The summed E-state index contributed by atoms with van der Waals surface area (Å²) in [7, 11) is 0. The first-order valence-corrected chi connectivity index (χ1v) is 9.63. The van der Waals surface area contributed by atoms with E-state index in [-0.39, 0.29) is 23.1 Å². The summed E-state index contributed by atoms with van der Waals surface area (Å²) in [4.78, 5) is 28.1. The summed E-state index contributed by atoms with van der Waals surface area (Å²) in [5, 5.41) is 0. The van der Waals surface area contributed by atoms with E-state index in [4.69, 9.17) is 0 Å². The number of pyridine rings is 1. The van der Waals surface area contributed by atoms with Crippen molar-refractivity contribution in [2.24, 2.45) is 0 Å². The highest BCUT2D eigenvalue weighted by atomic mass is 16.2. The van der Waals surface area contributed by atoms with Gasteiger partial charge in [-0.25, -0.2) is 0 Å². The highest BCUT2D eigenvalue weighted by Crippen LogP contribution is 2.32. The van der Waals surface area contributed by atoms with Crippen molar-refractivity contribution in [1.82, 2.24) is 4.57 Å². The van der Waals surface area contributed by atoms with Crippen molar-refractivity contribution in [1.29, 1.82) is 0 Å². The number of aryl methyl sites for hydroxylation is 2. The van der Waals surface area contributed by atoms with Crippen LogP contribution < -0.4 is 10.5 Å². The molecule has 4 heteroatoms. The number of aromatic nitrogens is 1. The predicted octanol–water partition coefficient (Wildman–Crippen LogP) is 4.10. The normalized spacial score (nSPS) is 15.5. The monoisotopic (exact) mass is 372 g/mol. The maximum atomic E-state index is 13.3. The molecule has 0 radical (unpaired) electrons. The smallest absolute Gasteiger partial charge is 0.264 e. The summed E-state index contributed by atoms with van der Waals surface area (Å²) < 4.78 is 1.63. The number of fused-ring (bicyclic) bond motifs is 1. The fourth-order valence-electron chi connectivity index (χ4n) is 3.98. The van der Waals surface area contributed by atoms with E-state index in [1.165, 1.54) is 0 Å². The first-order chi connectivity index (χ1) is 13.5. The van der Waals surface area contributed by atoms with E-state index < -0.39 is 0 Å². The lowest BCUT2D eigenvalue weighted by Gasteiger charge is -2.23. The number of rotatable bonds is 3. The fraction of sp³-hybridized carbons (Fsp3) is 0.250. The second-order valence-corrected chi connectivity index (χ2v) is 7.64. The van der Waals surface area contributed by atoms with Crippen LogP contribution in [0.4, 0.5) is 5.69 Å². The van der Waals surface area contributed by atoms with Crippen LogP contribution in [-0.2, 0) is 13.0 Å². The van der Waals surface area contributed by atoms with Crippen molar-refractivity contribution >= 4 is 11.6 Å². The maximum Gasteiger partial charge on any atom is 0.264 e. The molecule has 0 spiro atoms. The van der Waals surface area contributed by atoms with E-state index in [9.17, 15) is 9.59 Å². The molecule has 3 aromatic rings. The Morgan fingerprint density at radius 1 is 1.07 bits per heavy atom. The largest absolute Gasteiger partial charge is 0.310 e. The summed E-state index contributed by atoms with van der Waals surface area (Å²) >= 11 is 0. The van der Waals surface area contributed by atoms with Crippen LogP contribution in [0.25, 0.3) is 0 Å². The molecule has 4 nitrogen and oxygen atoms in total. The molecule has 2 heterocycles. The van der Waals surface area contributed by atoms with E-state index in [1.807, 2.05) is 45.0 Å². The zero-order chi connectivity index (χ0) is 19.8. The average molecular weight is 372 g/mol. The number of amides is 1. The van der Waals surface area contributed by atoms with Crippen molar-refractivity contribution in [3.05, 3.63) is 99.0 Å². The van der Waals surface area contributed by atoms with Gasteiger partial charge >= 0.3 is 0 Å². The van der Waals surface area contributed by atoms with Gasteiger partial charge in [-0.05, 0) is 62.1 Å². The minimum absolute atomic E-state index is 0.0389. The van der Waals surface area contributed by atoms with Crippen LogP contribution in [-0.4, -0.2) is 16.5 Å². The quantitative estimate of drug-likeness (QED) is 0.694. The molecule has 1 aromatic heterocycles. The van der Waals surface area contributed by atoms with Crippen LogP contribution in [0, 0.1) is 13.8 Å². The fourth-order valence-corrected chi connectivity index (χ4v) is 3.98. The number of anilines is 1. The van der Waals surface area contributed by atoms with Crippen molar-refractivity contribution in [2.75, 3.05) is 4.90 Å². The second-order valence-electron chi connectivity index (χ2n) is 7.64. The first-order valence-electron chi connectivity index (χ1n) is 9.63. The average Bonchev–Trinajstić information content (AvgIpc) is 3.01. The minimum atomic E-state index is -0.245. The van der Waals surface area contributed by atoms with Crippen LogP contribution >= 0.6 is 0 Å². The van der Waals surface area contributed by atoms with E-state index >= 15 is 0 Å². The van der Waals surface area contributed by atoms with Crippen molar-refractivity contribution in [3.8, 4) is 0 Å². The van der Waals surface area contributed by atoms with Crippen molar-refractivity contribution in [2.45, 2.75) is 39.8 Å². The van der Waals surface area contributed by atoms with Crippen LogP contribution in [0.5, 0.6) is 0 Å². The second kappa shape index (κ2) is 7.12. The molecule has 0 N–H and O–H groups in total. The number of benzene rings is 2. The Kier molecular flexibility index (Phi) is 4.63. The molecular formula is C24H24N2O2. The Balaban J connectivity index is 1.70. The van der Waals surface area contributed by atoms with Gasteiger partial charge in [0.25, 0.3) is 11.5 Å². The Morgan fingerprint density at radius 2 is 1.86 bits per heavy atom. The van der Waals surface area contributed by atoms with Crippen LogP contribution in [0.1, 0.15) is 39.5 Å². The van der Waals surface area contributed by atoms with Crippen LogP contribution in [0.2, 0.25) is 0 Å². The van der Waals surface area contributed by atoms with Gasteiger partial charge in [-0.1, -0.05) is 42.0 Å². The molecule has 142 valence electrons. The number of carbonyl (C=O) groups is 1. The molecule has 4 rings (SSSR count). The lowest BCUT2D eigenvalue weighted by atomic mass is 10.1. The van der Waals surface area contributed by atoms with Gasteiger partial charge in [0.15, 0.2) is 0 Å². The summed E-state index contributed by atoms with van der Waals surface area (Å²) in [5.41, 5.74) is 5.41. The number of carbonyl (C=O) groups excluding carboxylic acids is 1. The third-order valence-electron chi connectivity index (χ3n) is 5.52. The predicted molar refractivity (Wildman–Crippen MR) is 112 cm³/mol. The van der Waals surface area contributed by atoms with Gasteiger partial charge in [-0.15, -0.1) is 0 Å². The van der Waals surface area contributed by atoms with Gasteiger partial charge in [0.2, 0.25) is 0 Å². The Morgan fingerprint density at radius 3 is 2.68 bits per heavy atom. The van der Waals surface area contributed by atoms with Gasteiger partial charge in [-0.3, -0.25) is 9.59 Å². The molecule has 0 aliphatic carbocycles. The Labute approximate surface area is 165 Å². The van der Waals surface area contributed by atoms with Gasteiger partial charge in [-0.2, -0.15) is 0 Å². The molecule has 1 atom stereocenters.